The number of hydrogen-bond donors (Lipinski definition) is 0. The smallest absolute Gasteiger partial charge is 0.0991 e. The van der Waals surface area contributed by atoms with E-state index in [-0.39, 0.29) is 0 Å². The van der Waals surface area contributed by atoms with Crippen molar-refractivity contribution in [2.45, 2.75) is 19.3 Å². The number of nitrogens with zero attached hydrogens (tertiary/aromatic N) is 3. The monoisotopic (exact) mass is 245 g/mol. The fraction of sp³-hybridized carbons (Fsp3) is 0.231. The lowest BCUT2D eigenvalue weighted by molar-refractivity contribution is 0.791. The van der Waals surface area contributed by atoms with Gasteiger partial charge in [-0.2, -0.15) is 5.26 Å². The van der Waals surface area contributed by atoms with E-state index in [1.54, 1.807) is 6.33 Å². The SMILES string of the molecule is Cc1cc(C#N)ccc1Cn1cnc(CCl)c1. The molecule has 0 fully saturated rings. The van der Waals surface area contributed by atoms with Gasteiger partial charge in [0.1, 0.15) is 0 Å². The quantitative estimate of drug-likeness (QED) is 0.781. The van der Waals surface area contributed by atoms with Crippen molar-refractivity contribution < 1.29 is 0 Å². The van der Waals surface area contributed by atoms with Crippen molar-refractivity contribution in [1.29, 1.82) is 5.26 Å². The zero-order valence-corrected chi connectivity index (χ0v) is 10.3. The van der Waals surface area contributed by atoms with Gasteiger partial charge in [-0.25, -0.2) is 4.98 Å². The molecule has 0 aliphatic heterocycles. The zero-order chi connectivity index (χ0) is 12.3. The lowest BCUT2D eigenvalue weighted by Gasteiger charge is -2.06. The Labute approximate surface area is 105 Å². The van der Waals surface area contributed by atoms with Crippen LogP contribution < -0.4 is 0 Å². The summed E-state index contributed by atoms with van der Waals surface area (Å²) in [5.74, 6) is 0.430. The molecule has 0 saturated carbocycles. The largest absolute Gasteiger partial charge is 0.333 e. The van der Waals surface area contributed by atoms with Crippen molar-refractivity contribution in [3.63, 3.8) is 0 Å². The minimum Gasteiger partial charge on any atom is -0.333 e. The van der Waals surface area contributed by atoms with Gasteiger partial charge in [0.25, 0.3) is 0 Å². The van der Waals surface area contributed by atoms with Gasteiger partial charge >= 0.3 is 0 Å². The summed E-state index contributed by atoms with van der Waals surface area (Å²) in [7, 11) is 0. The van der Waals surface area contributed by atoms with Gasteiger partial charge in [-0.3, -0.25) is 0 Å². The summed E-state index contributed by atoms with van der Waals surface area (Å²) in [4.78, 5) is 4.17. The second kappa shape index (κ2) is 5.03. The number of aromatic nitrogens is 2. The topological polar surface area (TPSA) is 41.6 Å². The highest BCUT2D eigenvalue weighted by atomic mass is 35.5. The van der Waals surface area contributed by atoms with Crippen LogP contribution in [-0.2, 0) is 12.4 Å². The van der Waals surface area contributed by atoms with Crippen molar-refractivity contribution in [1.82, 2.24) is 9.55 Å². The van der Waals surface area contributed by atoms with E-state index in [2.05, 4.69) is 11.1 Å². The van der Waals surface area contributed by atoms with E-state index in [4.69, 9.17) is 16.9 Å². The van der Waals surface area contributed by atoms with E-state index in [0.717, 1.165) is 17.8 Å². The third-order valence-corrected chi connectivity index (χ3v) is 2.92. The molecule has 1 aromatic heterocycles. The normalized spacial score (nSPS) is 10.2. The Balaban J connectivity index is 2.21. The van der Waals surface area contributed by atoms with E-state index >= 15 is 0 Å². The molecule has 3 nitrogen and oxygen atoms in total. The van der Waals surface area contributed by atoms with Gasteiger partial charge in [0.15, 0.2) is 0 Å². The molecule has 0 bridgehead atoms. The van der Waals surface area contributed by atoms with Crippen molar-refractivity contribution in [2.24, 2.45) is 0 Å². The Bertz CT molecular complexity index is 566. The average molecular weight is 246 g/mol. The van der Waals surface area contributed by atoms with Gasteiger partial charge in [-0.15, -0.1) is 11.6 Å². The maximum absolute atomic E-state index is 8.80. The Morgan fingerprint density at radius 2 is 2.29 bits per heavy atom. The van der Waals surface area contributed by atoms with E-state index in [1.807, 2.05) is 35.9 Å². The molecule has 17 heavy (non-hydrogen) atoms. The van der Waals surface area contributed by atoms with Gasteiger partial charge in [-0.1, -0.05) is 6.07 Å². The first-order valence-corrected chi connectivity index (χ1v) is 5.82. The molecule has 0 aliphatic rings. The van der Waals surface area contributed by atoms with Crippen LogP contribution in [0.2, 0.25) is 0 Å². The van der Waals surface area contributed by atoms with Crippen LogP contribution in [0.5, 0.6) is 0 Å². The summed E-state index contributed by atoms with van der Waals surface area (Å²) in [6.07, 6.45) is 3.71. The molecule has 86 valence electrons. The van der Waals surface area contributed by atoms with Gasteiger partial charge in [-0.05, 0) is 30.2 Å². The van der Waals surface area contributed by atoms with Crippen molar-refractivity contribution in [2.75, 3.05) is 0 Å². The average Bonchev–Trinajstić information content (AvgIpc) is 2.79. The molecule has 0 N–H and O–H groups in total. The minimum atomic E-state index is 0.430. The maximum Gasteiger partial charge on any atom is 0.0991 e. The first kappa shape index (κ1) is 11.7. The molecular formula is C13H12ClN3. The Morgan fingerprint density at radius 3 is 2.88 bits per heavy atom. The Hall–Kier alpha value is -1.79. The number of alkyl halides is 1. The molecule has 0 spiro atoms. The van der Waals surface area contributed by atoms with Crippen LogP contribution in [0, 0.1) is 18.3 Å². The summed E-state index contributed by atoms with van der Waals surface area (Å²) < 4.78 is 1.99. The van der Waals surface area contributed by atoms with Gasteiger partial charge in [0.05, 0.1) is 29.5 Å². The molecule has 2 rings (SSSR count). The minimum absolute atomic E-state index is 0.430. The third kappa shape index (κ3) is 2.66. The van der Waals surface area contributed by atoms with Crippen molar-refractivity contribution in [3.05, 3.63) is 53.1 Å². The standard InChI is InChI=1S/C13H12ClN3/c1-10-4-11(6-15)2-3-12(10)7-17-8-13(5-14)16-9-17/h2-4,8-9H,5,7H2,1H3. The molecule has 0 amide bonds. The van der Waals surface area contributed by atoms with Crippen molar-refractivity contribution >= 4 is 11.6 Å². The fourth-order valence-electron chi connectivity index (χ4n) is 1.70. The van der Waals surface area contributed by atoms with Crippen LogP contribution in [0.4, 0.5) is 0 Å². The molecule has 4 heteroatoms. The maximum atomic E-state index is 8.80. The second-order valence-electron chi connectivity index (χ2n) is 3.92. The number of nitriles is 1. The van der Waals surface area contributed by atoms with Crippen LogP contribution in [0.1, 0.15) is 22.4 Å². The summed E-state index contributed by atoms with van der Waals surface area (Å²) in [5.41, 5.74) is 3.86. The zero-order valence-electron chi connectivity index (χ0n) is 9.52. The highest BCUT2D eigenvalue weighted by molar-refractivity contribution is 6.16. The number of imidazole rings is 1. The predicted molar refractivity (Wildman–Crippen MR) is 66.8 cm³/mol. The molecule has 0 saturated heterocycles. The van der Waals surface area contributed by atoms with E-state index in [0.29, 0.717) is 11.4 Å². The lowest BCUT2D eigenvalue weighted by atomic mass is 10.1. The van der Waals surface area contributed by atoms with Gasteiger partial charge in [0, 0.05) is 12.7 Å². The molecule has 1 aromatic carbocycles. The Morgan fingerprint density at radius 1 is 1.47 bits per heavy atom. The molecule has 0 unspecified atom stereocenters. The van der Waals surface area contributed by atoms with Gasteiger partial charge < -0.3 is 4.57 Å². The molecule has 0 radical (unpaired) electrons. The summed E-state index contributed by atoms with van der Waals surface area (Å²) in [5, 5.41) is 8.80. The molecule has 2 aromatic rings. The highest BCUT2D eigenvalue weighted by Gasteiger charge is 2.02. The van der Waals surface area contributed by atoms with Crippen LogP contribution >= 0.6 is 11.6 Å². The first-order chi connectivity index (χ1) is 8.22. The van der Waals surface area contributed by atoms with E-state index in [1.165, 1.54) is 5.56 Å². The number of rotatable bonds is 3. The highest BCUT2D eigenvalue weighted by Crippen LogP contribution is 2.12. The second-order valence-corrected chi connectivity index (χ2v) is 4.19. The lowest BCUT2D eigenvalue weighted by Crippen LogP contribution is -1.99. The summed E-state index contributed by atoms with van der Waals surface area (Å²) in [6, 6.07) is 7.85. The number of aryl methyl sites for hydroxylation is 1. The van der Waals surface area contributed by atoms with Crippen molar-refractivity contribution in [3.8, 4) is 6.07 Å². The number of halogens is 1. The molecule has 1 heterocycles. The molecule has 0 aliphatic carbocycles. The van der Waals surface area contributed by atoms with E-state index in [9.17, 15) is 0 Å². The molecule has 0 atom stereocenters. The van der Waals surface area contributed by atoms with E-state index < -0.39 is 0 Å². The van der Waals surface area contributed by atoms with Crippen LogP contribution in [0.25, 0.3) is 0 Å². The third-order valence-electron chi connectivity index (χ3n) is 2.65. The predicted octanol–water partition coefficient (Wildman–Crippen LogP) is 2.85. The fourth-order valence-corrected chi connectivity index (χ4v) is 1.84. The van der Waals surface area contributed by atoms with Crippen LogP contribution in [0.15, 0.2) is 30.7 Å². The number of hydrogen-bond acceptors (Lipinski definition) is 2. The molecular weight excluding hydrogens is 234 g/mol. The number of benzene rings is 1. The summed E-state index contributed by atoms with van der Waals surface area (Å²) >= 11 is 5.70. The van der Waals surface area contributed by atoms with Gasteiger partial charge in [0.2, 0.25) is 0 Å². The first-order valence-electron chi connectivity index (χ1n) is 5.29. The van der Waals surface area contributed by atoms with Crippen LogP contribution in [0.3, 0.4) is 0 Å². The Kier molecular flexibility index (Phi) is 3.46. The summed E-state index contributed by atoms with van der Waals surface area (Å²) in [6.45, 7) is 2.76. The van der Waals surface area contributed by atoms with Crippen LogP contribution in [-0.4, -0.2) is 9.55 Å².